The average molecular weight is 267 g/mol. The van der Waals surface area contributed by atoms with Gasteiger partial charge in [0.05, 0.1) is 20.3 Å². The Hall–Kier alpha value is -0.170. The van der Waals surface area contributed by atoms with E-state index in [4.69, 9.17) is 4.74 Å². The van der Waals surface area contributed by atoms with Gasteiger partial charge in [-0.25, -0.2) is 5.01 Å². The largest absolute Gasteiger partial charge is 0.468 e. The first kappa shape index (κ1) is 11.9. The molecular formula is C8H15BrN2O3. The molecule has 1 aliphatic rings. The van der Waals surface area contributed by atoms with Gasteiger partial charge in [0, 0.05) is 19.6 Å². The molecule has 1 fully saturated rings. The van der Waals surface area contributed by atoms with E-state index in [2.05, 4.69) is 26.1 Å². The Kier molecular flexibility index (Phi) is 5.39. The number of alkyl halides is 1. The molecule has 0 aromatic rings. The molecule has 1 rings (SSSR count). The molecule has 6 heteroatoms. The molecule has 5 nitrogen and oxygen atoms in total. The standard InChI is InChI=1S/C8H15BrN2O3/c1-13-8(12)7(9)6-10-11-2-4-14-5-3-11/h7,10H,2-6H2,1H3. The highest BCUT2D eigenvalue weighted by Gasteiger charge is 2.17. The lowest BCUT2D eigenvalue weighted by Crippen LogP contribution is -2.48. The summed E-state index contributed by atoms with van der Waals surface area (Å²) < 4.78 is 9.77. The van der Waals surface area contributed by atoms with Gasteiger partial charge < -0.3 is 9.47 Å². The molecule has 0 amide bonds. The zero-order chi connectivity index (χ0) is 10.4. The number of hydrogen-bond acceptors (Lipinski definition) is 5. The summed E-state index contributed by atoms with van der Waals surface area (Å²) in [4.78, 5) is 10.7. The third-order valence-corrected chi connectivity index (χ3v) is 2.66. The van der Waals surface area contributed by atoms with Crippen molar-refractivity contribution in [3.8, 4) is 0 Å². The Balaban J connectivity index is 2.15. The molecule has 0 aromatic heterocycles. The number of hydrogen-bond donors (Lipinski definition) is 1. The molecule has 1 heterocycles. The van der Waals surface area contributed by atoms with E-state index in [0.717, 1.165) is 26.3 Å². The van der Waals surface area contributed by atoms with Crippen LogP contribution in [0, 0.1) is 0 Å². The molecule has 0 aromatic carbocycles. The predicted octanol–water partition coefficient (Wildman–Crippen LogP) is -0.240. The van der Waals surface area contributed by atoms with Gasteiger partial charge in [0.1, 0.15) is 4.83 Å². The molecule has 1 saturated heterocycles. The van der Waals surface area contributed by atoms with E-state index in [9.17, 15) is 4.79 Å². The molecular weight excluding hydrogens is 252 g/mol. The van der Waals surface area contributed by atoms with E-state index in [-0.39, 0.29) is 10.8 Å². The van der Waals surface area contributed by atoms with Crippen molar-refractivity contribution in [2.75, 3.05) is 40.0 Å². The topological polar surface area (TPSA) is 50.8 Å². The third-order valence-electron chi connectivity index (χ3n) is 1.96. The van der Waals surface area contributed by atoms with Crippen molar-refractivity contribution in [2.24, 2.45) is 0 Å². The Morgan fingerprint density at radius 2 is 2.29 bits per heavy atom. The molecule has 1 N–H and O–H groups in total. The highest BCUT2D eigenvalue weighted by Crippen LogP contribution is 2.01. The Bertz CT molecular complexity index is 185. The summed E-state index contributed by atoms with van der Waals surface area (Å²) in [6.07, 6.45) is 0. The van der Waals surface area contributed by atoms with Crippen LogP contribution in [0.5, 0.6) is 0 Å². The van der Waals surface area contributed by atoms with Crippen LogP contribution < -0.4 is 5.43 Å². The van der Waals surface area contributed by atoms with Gasteiger partial charge >= 0.3 is 5.97 Å². The lowest BCUT2D eigenvalue weighted by molar-refractivity contribution is -0.139. The van der Waals surface area contributed by atoms with Crippen molar-refractivity contribution < 1.29 is 14.3 Å². The number of ether oxygens (including phenoxy) is 2. The van der Waals surface area contributed by atoms with Gasteiger partial charge in [-0.3, -0.25) is 10.2 Å². The van der Waals surface area contributed by atoms with Crippen LogP contribution in [0.1, 0.15) is 0 Å². The van der Waals surface area contributed by atoms with Crippen molar-refractivity contribution in [1.29, 1.82) is 0 Å². The van der Waals surface area contributed by atoms with Gasteiger partial charge in [0.15, 0.2) is 0 Å². The summed E-state index contributed by atoms with van der Waals surface area (Å²) in [7, 11) is 1.38. The van der Waals surface area contributed by atoms with E-state index >= 15 is 0 Å². The number of nitrogens with zero attached hydrogens (tertiary/aromatic N) is 1. The first-order valence-corrected chi connectivity index (χ1v) is 5.43. The SMILES string of the molecule is COC(=O)C(Br)CNN1CCOCC1. The molecule has 0 saturated carbocycles. The Morgan fingerprint density at radius 1 is 1.64 bits per heavy atom. The van der Waals surface area contributed by atoms with Gasteiger partial charge in [-0.15, -0.1) is 0 Å². The summed E-state index contributed by atoms with van der Waals surface area (Å²) in [5.41, 5.74) is 3.14. The van der Waals surface area contributed by atoms with Gasteiger partial charge in [0.25, 0.3) is 0 Å². The van der Waals surface area contributed by atoms with Crippen LogP contribution in [0.25, 0.3) is 0 Å². The lowest BCUT2D eigenvalue weighted by atomic mass is 10.4. The second kappa shape index (κ2) is 6.34. The minimum Gasteiger partial charge on any atom is -0.468 e. The minimum absolute atomic E-state index is 0.259. The van der Waals surface area contributed by atoms with E-state index in [1.165, 1.54) is 7.11 Å². The summed E-state index contributed by atoms with van der Waals surface area (Å²) in [6, 6.07) is 0. The zero-order valence-electron chi connectivity index (χ0n) is 8.16. The molecule has 1 aliphatic heterocycles. The van der Waals surface area contributed by atoms with E-state index in [1.54, 1.807) is 0 Å². The number of hydrazine groups is 1. The molecule has 0 radical (unpaired) electrons. The second-order valence-corrected chi connectivity index (χ2v) is 4.06. The van der Waals surface area contributed by atoms with Gasteiger partial charge in [0.2, 0.25) is 0 Å². The van der Waals surface area contributed by atoms with Crippen LogP contribution in [-0.4, -0.2) is 55.8 Å². The molecule has 14 heavy (non-hydrogen) atoms. The highest BCUT2D eigenvalue weighted by atomic mass is 79.9. The molecule has 1 atom stereocenters. The van der Waals surface area contributed by atoms with Gasteiger partial charge in [-0.05, 0) is 0 Å². The van der Waals surface area contributed by atoms with Crippen LogP contribution in [-0.2, 0) is 14.3 Å². The summed E-state index contributed by atoms with van der Waals surface area (Å²) in [6.45, 7) is 3.70. The highest BCUT2D eigenvalue weighted by molar-refractivity contribution is 9.10. The van der Waals surface area contributed by atoms with Crippen LogP contribution in [0.2, 0.25) is 0 Å². The number of esters is 1. The summed E-state index contributed by atoms with van der Waals surface area (Å²) >= 11 is 3.24. The summed E-state index contributed by atoms with van der Waals surface area (Å²) in [5, 5.41) is 2.04. The summed E-state index contributed by atoms with van der Waals surface area (Å²) in [5.74, 6) is -0.259. The fourth-order valence-corrected chi connectivity index (χ4v) is 1.47. The number of methoxy groups -OCH3 is 1. The predicted molar refractivity (Wildman–Crippen MR) is 55.1 cm³/mol. The van der Waals surface area contributed by atoms with E-state index in [1.807, 2.05) is 5.01 Å². The fourth-order valence-electron chi connectivity index (χ4n) is 1.14. The molecule has 0 aliphatic carbocycles. The second-order valence-electron chi connectivity index (χ2n) is 2.95. The normalized spacial score (nSPS) is 20.4. The van der Waals surface area contributed by atoms with Crippen LogP contribution in [0.3, 0.4) is 0 Å². The molecule has 82 valence electrons. The van der Waals surface area contributed by atoms with Crippen molar-refractivity contribution in [3.05, 3.63) is 0 Å². The minimum atomic E-state index is -0.296. The number of halogens is 1. The number of nitrogens with one attached hydrogen (secondary N) is 1. The van der Waals surface area contributed by atoms with Gasteiger partial charge in [-0.2, -0.15) is 0 Å². The van der Waals surface area contributed by atoms with Crippen molar-refractivity contribution in [1.82, 2.24) is 10.4 Å². The number of morpholine rings is 1. The first-order chi connectivity index (χ1) is 6.74. The van der Waals surface area contributed by atoms with Crippen molar-refractivity contribution in [2.45, 2.75) is 4.83 Å². The first-order valence-electron chi connectivity index (χ1n) is 4.52. The maximum absolute atomic E-state index is 11.0. The number of carbonyl (C=O) groups excluding carboxylic acids is 1. The number of carbonyl (C=O) groups is 1. The van der Waals surface area contributed by atoms with Crippen molar-refractivity contribution >= 4 is 21.9 Å². The lowest BCUT2D eigenvalue weighted by Gasteiger charge is -2.27. The van der Waals surface area contributed by atoms with E-state index < -0.39 is 0 Å². The Labute approximate surface area is 91.8 Å². The van der Waals surface area contributed by atoms with Gasteiger partial charge in [-0.1, -0.05) is 15.9 Å². The quantitative estimate of drug-likeness (QED) is 0.563. The third kappa shape index (κ3) is 3.91. The maximum atomic E-state index is 11.0. The van der Waals surface area contributed by atoms with Crippen LogP contribution in [0.15, 0.2) is 0 Å². The number of rotatable bonds is 4. The Morgan fingerprint density at radius 3 is 2.86 bits per heavy atom. The van der Waals surface area contributed by atoms with E-state index in [0.29, 0.717) is 6.54 Å². The zero-order valence-corrected chi connectivity index (χ0v) is 9.75. The molecule has 0 bridgehead atoms. The molecule has 1 unspecified atom stereocenters. The van der Waals surface area contributed by atoms with Crippen LogP contribution in [0.4, 0.5) is 0 Å². The van der Waals surface area contributed by atoms with Crippen LogP contribution >= 0.6 is 15.9 Å². The smallest absolute Gasteiger partial charge is 0.320 e. The monoisotopic (exact) mass is 266 g/mol. The average Bonchev–Trinajstić information content (AvgIpc) is 2.26. The van der Waals surface area contributed by atoms with Crippen molar-refractivity contribution in [3.63, 3.8) is 0 Å². The maximum Gasteiger partial charge on any atom is 0.320 e. The fraction of sp³-hybridized carbons (Fsp3) is 0.875. The molecule has 0 spiro atoms.